The van der Waals surface area contributed by atoms with Gasteiger partial charge >= 0.3 is 5.97 Å². The Morgan fingerprint density at radius 2 is 1.88 bits per heavy atom. The molecule has 0 aromatic carbocycles. The Morgan fingerprint density at radius 1 is 1.19 bits per heavy atom. The Hall–Kier alpha value is -2.21. The summed E-state index contributed by atoms with van der Waals surface area (Å²) in [5.41, 5.74) is 1.17. The second-order valence-corrected chi connectivity index (χ2v) is 8.79. The average molecular weight is 372 g/mol. The highest BCUT2D eigenvalue weighted by atomic mass is 32.1. The van der Waals surface area contributed by atoms with Gasteiger partial charge in [0, 0.05) is 28.4 Å². The second kappa shape index (κ2) is 6.50. The summed E-state index contributed by atoms with van der Waals surface area (Å²) < 4.78 is 0. The van der Waals surface area contributed by atoms with Gasteiger partial charge in [0.05, 0.1) is 11.3 Å². The third-order valence-electron chi connectivity index (χ3n) is 4.68. The molecule has 0 amide bonds. The summed E-state index contributed by atoms with van der Waals surface area (Å²) in [5.74, 6) is -0.239. The molecule has 6 heteroatoms. The zero-order valence-corrected chi connectivity index (χ0v) is 16.7. The number of anilines is 2. The van der Waals surface area contributed by atoms with E-state index in [1.54, 1.807) is 23.5 Å². The fourth-order valence-corrected chi connectivity index (χ4v) is 4.42. The van der Waals surface area contributed by atoms with Crippen LogP contribution in [0.3, 0.4) is 0 Å². The third kappa shape index (κ3) is 3.26. The maximum Gasteiger partial charge on any atom is 0.337 e. The Kier molecular flexibility index (Phi) is 4.65. The fourth-order valence-electron chi connectivity index (χ4n) is 3.07. The molecule has 5 nitrogen and oxygen atoms in total. The van der Waals surface area contributed by atoms with Crippen molar-refractivity contribution < 1.29 is 9.90 Å². The van der Waals surface area contributed by atoms with Crippen molar-refractivity contribution in [1.29, 1.82) is 0 Å². The van der Waals surface area contributed by atoms with Gasteiger partial charge in [0.2, 0.25) is 0 Å². The van der Waals surface area contributed by atoms with Gasteiger partial charge in [-0.1, -0.05) is 46.8 Å². The number of allylic oxidation sites excluding steroid dienone is 2. The van der Waals surface area contributed by atoms with E-state index in [1.807, 2.05) is 0 Å². The number of fused-ring (bicyclic) bond motifs is 1. The van der Waals surface area contributed by atoms with Gasteiger partial charge in [-0.25, -0.2) is 14.8 Å². The maximum absolute atomic E-state index is 11.1. The van der Waals surface area contributed by atoms with E-state index in [9.17, 15) is 4.79 Å². The number of carbonyl (C=O) groups is 1. The van der Waals surface area contributed by atoms with Crippen LogP contribution in [0.4, 0.5) is 10.9 Å². The van der Waals surface area contributed by atoms with E-state index in [-0.39, 0.29) is 16.4 Å². The highest BCUT2D eigenvalue weighted by Crippen LogP contribution is 2.46. The van der Waals surface area contributed by atoms with Crippen molar-refractivity contribution in [3.63, 3.8) is 0 Å². The van der Waals surface area contributed by atoms with Crippen LogP contribution in [0.2, 0.25) is 0 Å². The fraction of sp³-hybridized carbons (Fsp3) is 0.450. The van der Waals surface area contributed by atoms with Gasteiger partial charge < -0.3 is 10.0 Å². The molecular formula is C20H25N3O2S. The lowest BCUT2D eigenvalue weighted by molar-refractivity contribution is 0.0696. The summed E-state index contributed by atoms with van der Waals surface area (Å²) in [6.07, 6.45) is 6.85. The zero-order valence-electron chi connectivity index (χ0n) is 15.9. The largest absolute Gasteiger partial charge is 0.478 e. The highest BCUT2D eigenvalue weighted by Gasteiger charge is 2.37. The van der Waals surface area contributed by atoms with E-state index in [1.165, 1.54) is 11.1 Å². The Bertz CT molecular complexity index is 815. The van der Waals surface area contributed by atoms with E-state index in [0.717, 1.165) is 29.6 Å². The van der Waals surface area contributed by atoms with Gasteiger partial charge in [0.1, 0.15) is 5.82 Å². The number of aromatic nitrogens is 2. The van der Waals surface area contributed by atoms with Gasteiger partial charge in [-0.15, -0.1) is 11.3 Å². The van der Waals surface area contributed by atoms with Gasteiger partial charge in [-0.3, -0.25) is 0 Å². The molecule has 0 fully saturated rings. The first kappa shape index (κ1) is 18.6. The molecule has 0 saturated carbocycles. The summed E-state index contributed by atoms with van der Waals surface area (Å²) in [5, 5.41) is 10.0. The molecule has 1 aliphatic rings. The van der Waals surface area contributed by atoms with E-state index in [4.69, 9.17) is 10.1 Å². The molecule has 0 atom stereocenters. The molecule has 138 valence electrons. The van der Waals surface area contributed by atoms with Crippen LogP contribution in [0.5, 0.6) is 0 Å². The minimum absolute atomic E-state index is 0.0424. The predicted octanol–water partition coefficient (Wildman–Crippen LogP) is 4.91. The summed E-state index contributed by atoms with van der Waals surface area (Å²) in [7, 11) is 0. The maximum atomic E-state index is 11.1. The molecule has 0 bridgehead atoms. The highest BCUT2D eigenvalue weighted by molar-refractivity contribution is 7.16. The molecule has 0 unspecified atom stereocenters. The molecule has 0 spiro atoms. The minimum atomic E-state index is -0.967. The van der Waals surface area contributed by atoms with Crippen LogP contribution in [0.1, 0.15) is 62.0 Å². The molecule has 0 aliphatic heterocycles. The Morgan fingerprint density at radius 3 is 2.42 bits per heavy atom. The van der Waals surface area contributed by atoms with Crippen LogP contribution in [0, 0.1) is 0 Å². The molecule has 3 rings (SSSR count). The lowest BCUT2D eigenvalue weighted by atomic mass is 9.75. The topological polar surface area (TPSA) is 66.3 Å². The van der Waals surface area contributed by atoms with Crippen molar-refractivity contribution >= 4 is 28.3 Å². The standard InChI is InChI=1S/C20H25N3O2S/c1-6-11-23(14-8-7-13(12-21-14)17(24)25)18-22-15-16(26-18)20(4,5)10-9-19(15,2)3/h7-10,12H,6,11H2,1-5H3,(H,24,25). The lowest BCUT2D eigenvalue weighted by Gasteiger charge is -2.32. The molecular weight excluding hydrogens is 346 g/mol. The predicted molar refractivity (Wildman–Crippen MR) is 106 cm³/mol. The van der Waals surface area contributed by atoms with Crippen LogP contribution in [-0.4, -0.2) is 27.6 Å². The normalized spacial score (nSPS) is 17.0. The summed E-state index contributed by atoms with van der Waals surface area (Å²) in [4.78, 5) is 23.8. The number of rotatable bonds is 5. The first-order chi connectivity index (χ1) is 12.2. The molecule has 0 radical (unpaired) electrons. The minimum Gasteiger partial charge on any atom is -0.478 e. The first-order valence-corrected chi connectivity index (χ1v) is 9.66. The summed E-state index contributed by atoms with van der Waals surface area (Å²) in [6, 6.07) is 3.35. The van der Waals surface area contributed by atoms with E-state index < -0.39 is 5.97 Å². The number of hydrogen-bond donors (Lipinski definition) is 1. The van der Waals surface area contributed by atoms with Crippen molar-refractivity contribution in [3.8, 4) is 0 Å². The molecule has 2 heterocycles. The molecule has 1 N–H and O–H groups in total. The average Bonchev–Trinajstić information content (AvgIpc) is 3.05. The van der Waals surface area contributed by atoms with Gasteiger partial charge in [0.25, 0.3) is 0 Å². The molecule has 1 aliphatic carbocycles. The molecule has 2 aromatic rings. The van der Waals surface area contributed by atoms with Crippen molar-refractivity contribution in [2.24, 2.45) is 0 Å². The summed E-state index contributed by atoms with van der Waals surface area (Å²) >= 11 is 1.71. The van der Waals surface area contributed by atoms with Crippen molar-refractivity contribution in [3.05, 3.63) is 46.6 Å². The number of aromatic carboxylic acids is 1. The lowest BCUT2D eigenvalue weighted by Crippen LogP contribution is -2.27. The van der Waals surface area contributed by atoms with Crippen LogP contribution >= 0.6 is 11.3 Å². The zero-order chi connectivity index (χ0) is 19.1. The van der Waals surface area contributed by atoms with Crippen LogP contribution in [-0.2, 0) is 10.8 Å². The van der Waals surface area contributed by atoms with Gasteiger partial charge in [-0.2, -0.15) is 0 Å². The number of thiazole rings is 1. The van der Waals surface area contributed by atoms with Crippen molar-refractivity contribution in [2.75, 3.05) is 11.4 Å². The van der Waals surface area contributed by atoms with Crippen LogP contribution in [0.15, 0.2) is 30.5 Å². The van der Waals surface area contributed by atoms with E-state index >= 15 is 0 Å². The first-order valence-electron chi connectivity index (χ1n) is 8.85. The second-order valence-electron chi connectivity index (χ2n) is 7.81. The number of hydrogen-bond acceptors (Lipinski definition) is 5. The van der Waals surface area contributed by atoms with Crippen LogP contribution in [0.25, 0.3) is 0 Å². The van der Waals surface area contributed by atoms with Crippen molar-refractivity contribution in [1.82, 2.24) is 9.97 Å². The monoisotopic (exact) mass is 371 g/mol. The van der Waals surface area contributed by atoms with Crippen LogP contribution < -0.4 is 4.90 Å². The van der Waals surface area contributed by atoms with Gasteiger partial charge in [-0.05, 0) is 18.6 Å². The Labute approximate surface area is 158 Å². The van der Waals surface area contributed by atoms with Gasteiger partial charge in [0.15, 0.2) is 5.13 Å². The number of carboxylic acid groups (broad SMARTS) is 1. The summed E-state index contributed by atoms with van der Waals surface area (Å²) in [6.45, 7) is 11.7. The van der Waals surface area contributed by atoms with E-state index in [0.29, 0.717) is 0 Å². The number of pyridine rings is 1. The number of carboxylic acids is 1. The molecule has 26 heavy (non-hydrogen) atoms. The van der Waals surface area contributed by atoms with E-state index in [2.05, 4.69) is 56.7 Å². The number of nitrogens with zero attached hydrogens (tertiary/aromatic N) is 3. The van der Waals surface area contributed by atoms with Crippen molar-refractivity contribution in [2.45, 2.75) is 51.9 Å². The smallest absolute Gasteiger partial charge is 0.337 e. The molecule has 0 saturated heterocycles. The Balaban J connectivity index is 2.05. The molecule has 2 aromatic heterocycles. The quantitative estimate of drug-likeness (QED) is 0.757. The third-order valence-corrected chi connectivity index (χ3v) is 6.10. The SMILES string of the molecule is CCCN(c1ccc(C(=O)O)cn1)c1nc2c(s1)C(C)(C)C=CC2(C)C.